The van der Waals surface area contributed by atoms with Crippen LogP contribution in [0.3, 0.4) is 0 Å². The van der Waals surface area contributed by atoms with E-state index < -0.39 is 0 Å². The SMILES string of the molecule is Cc1ccnc(-c2c(C3CCCC3)cccc2-n2c[n+](C)c3ccccc32)c1C. The van der Waals surface area contributed by atoms with Crippen LogP contribution in [0.5, 0.6) is 0 Å². The van der Waals surface area contributed by atoms with Gasteiger partial charge in [0.1, 0.15) is 5.69 Å². The molecule has 0 radical (unpaired) electrons. The Hall–Kier alpha value is -2.94. The maximum atomic E-state index is 4.89. The van der Waals surface area contributed by atoms with Crippen molar-refractivity contribution in [2.45, 2.75) is 45.4 Å². The molecule has 2 aromatic carbocycles. The van der Waals surface area contributed by atoms with Gasteiger partial charge in [-0.05, 0) is 73.6 Å². The zero-order valence-electron chi connectivity index (χ0n) is 17.5. The zero-order chi connectivity index (χ0) is 20.0. The minimum absolute atomic E-state index is 0.627. The van der Waals surface area contributed by atoms with Crippen LogP contribution in [0.15, 0.2) is 61.1 Å². The number of imidazole rings is 1. The monoisotopic (exact) mass is 382 g/mol. The Bertz CT molecular complexity index is 1200. The Labute approximate surface area is 172 Å². The van der Waals surface area contributed by atoms with E-state index in [-0.39, 0.29) is 0 Å². The van der Waals surface area contributed by atoms with Gasteiger partial charge in [0.05, 0.1) is 18.3 Å². The van der Waals surface area contributed by atoms with Crippen molar-refractivity contribution >= 4 is 11.0 Å². The molecule has 0 N–H and O–H groups in total. The molecule has 146 valence electrons. The van der Waals surface area contributed by atoms with Crippen molar-refractivity contribution in [3.05, 3.63) is 77.7 Å². The summed E-state index contributed by atoms with van der Waals surface area (Å²) in [5.74, 6) is 0.627. The molecule has 1 aliphatic rings. The third-order valence-electron chi connectivity index (χ3n) is 6.65. The maximum absolute atomic E-state index is 4.89. The summed E-state index contributed by atoms with van der Waals surface area (Å²) in [4.78, 5) is 4.89. The van der Waals surface area contributed by atoms with Gasteiger partial charge in [0, 0.05) is 6.20 Å². The molecule has 4 aromatic rings. The molecule has 0 spiro atoms. The predicted molar refractivity (Wildman–Crippen MR) is 118 cm³/mol. The number of pyridine rings is 1. The molecular formula is C26H28N3+. The van der Waals surface area contributed by atoms with E-state index in [0.717, 1.165) is 5.69 Å². The quantitative estimate of drug-likeness (QED) is 0.411. The first-order valence-corrected chi connectivity index (χ1v) is 10.7. The van der Waals surface area contributed by atoms with Crippen molar-refractivity contribution < 1.29 is 4.57 Å². The van der Waals surface area contributed by atoms with Gasteiger partial charge in [0.25, 0.3) is 0 Å². The molecule has 29 heavy (non-hydrogen) atoms. The maximum Gasteiger partial charge on any atom is 0.249 e. The smallest absolute Gasteiger partial charge is 0.249 e. The van der Waals surface area contributed by atoms with Crippen molar-refractivity contribution in [1.82, 2.24) is 9.55 Å². The lowest BCUT2D eigenvalue weighted by molar-refractivity contribution is -0.645. The number of hydrogen-bond donors (Lipinski definition) is 0. The van der Waals surface area contributed by atoms with E-state index in [1.807, 2.05) is 6.20 Å². The minimum Gasteiger partial charge on any atom is -0.256 e. The van der Waals surface area contributed by atoms with E-state index in [4.69, 9.17) is 4.98 Å². The fraction of sp³-hybridized carbons (Fsp3) is 0.308. The molecule has 0 bridgehead atoms. The van der Waals surface area contributed by atoms with E-state index in [2.05, 4.69) is 84.9 Å². The average Bonchev–Trinajstić information content (AvgIpc) is 3.39. The highest BCUT2D eigenvalue weighted by atomic mass is 15.1. The number of fused-ring (bicyclic) bond motifs is 1. The molecule has 2 aromatic heterocycles. The molecule has 0 unspecified atom stereocenters. The number of aromatic nitrogens is 3. The Morgan fingerprint density at radius 3 is 2.59 bits per heavy atom. The number of benzene rings is 2. The summed E-state index contributed by atoms with van der Waals surface area (Å²) in [6, 6.07) is 17.5. The fourth-order valence-electron chi connectivity index (χ4n) is 4.93. The van der Waals surface area contributed by atoms with Crippen LogP contribution in [0.4, 0.5) is 0 Å². The van der Waals surface area contributed by atoms with Gasteiger partial charge in [-0.1, -0.05) is 37.1 Å². The van der Waals surface area contributed by atoms with Crippen molar-refractivity contribution in [1.29, 1.82) is 0 Å². The van der Waals surface area contributed by atoms with E-state index in [1.165, 1.54) is 64.7 Å². The highest BCUT2D eigenvalue weighted by molar-refractivity contribution is 5.82. The van der Waals surface area contributed by atoms with Crippen LogP contribution in [-0.4, -0.2) is 9.55 Å². The standard InChI is InChI=1S/C26H28N3/c1-18-15-16-27-26(19(18)2)25-21(20-9-4-5-10-20)11-8-14-24(25)29-17-28(3)22-12-6-7-13-23(22)29/h6-8,11-17,20H,4-5,9-10H2,1-3H3/q+1. The Morgan fingerprint density at radius 1 is 0.966 bits per heavy atom. The summed E-state index contributed by atoms with van der Waals surface area (Å²) in [7, 11) is 2.12. The molecule has 0 saturated heterocycles. The van der Waals surface area contributed by atoms with Gasteiger partial charge in [-0.25, -0.2) is 4.57 Å². The number of aryl methyl sites for hydroxylation is 2. The summed E-state index contributed by atoms with van der Waals surface area (Å²) in [6.07, 6.45) is 9.38. The van der Waals surface area contributed by atoms with Crippen LogP contribution < -0.4 is 4.57 Å². The third-order valence-corrected chi connectivity index (χ3v) is 6.65. The van der Waals surface area contributed by atoms with E-state index in [0.29, 0.717) is 5.92 Å². The van der Waals surface area contributed by atoms with Gasteiger partial charge in [-0.3, -0.25) is 4.98 Å². The van der Waals surface area contributed by atoms with E-state index >= 15 is 0 Å². The molecule has 0 amide bonds. The summed E-state index contributed by atoms with van der Waals surface area (Å²) in [5.41, 5.74) is 10.2. The first-order chi connectivity index (χ1) is 14.1. The van der Waals surface area contributed by atoms with Crippen LogP contribution >= 0.6 is 0 Å². The lowest BCUT2D eigenvalue weighted by Gasteiger charge is -2.19. The molecule has 1 aliphatic carbocycles. The molecular weight excluding hydrogens is 354 g/mol. The second kappa shape index (κ2) is 7.14. The van der Waals surface area contributed by atoms with Crippen molar-refractivity contribution in [2.24, 2.45) is 7.05 Å². The van der Waals surface area contributed by atoms with Crippen LogP contribution in [0, 0.1) is 13.8 Å². The molecule has 1 saturated carbocycles. The van der Waals surface area contributed by atoms with Gasteiger partial charge in [-0.2, -0.15) is 4.57 Å². The molecule has 5 rings (SSSR count). The van der Waals surface area contributed by atoms with Crippen LogP contribution in [0.2, 0.25) is 0 Å². The molecule has 2 heterocycles. The van der Waals surface area contributed by atoms with Crippen molar-refractivity contribution in [2.75, 3.05) is 0 Å². The first-order valence-electron chi connectivity index (χ1n) is 10.7. The molecule has 0 aliphatic heterocycles. The van der Waals surface area contributed by atoms with Gasteiger partial charge < -0.3 is 0 Å². The second-order valence-corrected chi connectivity index (χ2v) is 8.41. The number of hydrogen-bond acceptors (Lipinski definition) is 1. The summed E-state index contributed by atoms with van der Waals surface area (Å²) in [5, 5.41) is 0. The van der Waals surface area contributed by atoms with Gasteiger partial charge in [0.2, 0.25) is 6.33 Å². The molecule has 0 atom stereocenters. The third kappa shape index (κ3) is 2.96. The van der Waals surface area contributed by atoms with Gasteiger partial charge >= 0.3 is 0 Å². The molecule has 3 heteroatoms. The summed E-state index contributed by atoms with van der Waals surface area (Å²) < 4.78 is 4.55. The van der Waals surface area contributed by atoms with Crippen LogP contribution in [0.25, 0.3) is 28.0 Å². The average molecular weight is 383 g/mol. The van der Waals surface area contributed by atoms with Gasteiger partial charge in [0.15, 0.2) is 11.0 Å². The minimum atomic E-state index is 0.627. The zero-order valence-corrected chi connectivity index (χ0v) is 17.5. The summed E-state index contributed by atoms with van der Waals surface area (Å²) in [6.45, 7) is 4.39. The lowest BCUT2D eigenvalue weighted by atomic mass is 9.88. The highest BCUT2D eigenvalue weighted by Gasteiger charge is 2.27. The van der Waals surface area contributed by atoms with Gasteiger partial charge in [-0.15, -0.1) is 0 Å². The number of rotatable bonds is 3. The summed E-state index contributed by atoms with van der Waals surface area (Å²) >= 11 is 0. The second-order valence-electron chi connectivity index (χ2n) is 8.41. The van der Waals surface area contributed by atoms with Crippen molar-refractivity contribution in [3.63, 3.8) is 0 Å². The normalized spacial score (nSPS) is 14.7. The predicted octanol–water partition coefficient (Wildman–Crippen LogP) is 5.79. The Morgan fingerprint density at radius 2 is 1.76 bits per heavy atom. The Balaban J connectivity index is 1.84. The van der Waals surface area contributed by atoms with Crippen LogP contribution in [-0.2, 0) is 7.05 Å². The number of para-hydroxylation sites is 2. The van der Waals surface area contributed by atoms with Crippen LogP contribution in [0.1, 0.15) is 48.3 Å². The van der Waals surface area contributed by atoms with Crippen molar-refractivity contribution in [3.8, 4) is 16.9 Å². The lowest BCUT2D eigenvalue weighted by Crippen LogP contribution is -2.25. The fourth-order valence-corrected chi connectivity index (χ4v) is 4.93. The molecule has 1 fully saturated rings. The highest BCUT2D eigenvalue weighted by Crippen LogP contribution is 2.42. The number of nitrogens with zero attached hydrogens (tertiary/aromatic N) is 3. The topological polar surface area (TPSA) is 21.7 Å². The van der Waals surface area contributed by atoms with E-state index in [1.54, 1.807) is 0 Å². The largest absolute Gasteiger partial charge is 0.256 e. The van der Waals surface area contributed by atoms with E-state index in [9.17, 15) is 0 Å². The first kappa shape index (κ1) is 18.1. The molecule has 3 nitrogen and oxygen atoms in total. The Kier molecular flexibility index (Phi) is 4.46.